The molecule has 1 aliphatic rings. The zero-order valence-corrected chi connectivity index (χ0v) is 12.1. The van der Waals surface area contributed by atoms with Crippen LogP contribution in [0, 0.1) is 0 Å². The van der Waals surface area contributed by atoms with Gasteiger partial charge in [0.2, 0.25) is 0 Å². The number of carboxylic acids is 1. The predicted octanol–water partition coefficient (Wildman–Crippen LogP) is 3.92. The summed E-state index contributed by atoms with van der Waals surface area (Å²) in [5.74, 6) is -0.618. The largest absolute Gasteiger partial charge is 0.478 e. The summed E-state index contributed by atoms with van der Waals surface area (Å²) in [4.78, 5) is 15.3. The molecule has 5 heteroatoms. The molecule has 3 rings (SSSR count). The highest BCUT2D eigenvalue weighted by atomic mass is 35.5. The molecule has 4 nitrogen and oxygen atoms in total. The maximum absolute atomic E-state index is 11.1. The van der Waals surface area contributed by atoms with Crippen molar-refractivity contribution in [3.63, 3.8) is 0 Å². The van der Waals surface area contributed by atoms with Gasteiger partial charge in [0, 0.05) is 6.20 Å². The van der Waals surface area contributed by atoms with E-state index < -0.39 is 5.97 Å². The van der Waals surface area contributed by atoms with Crippen LogP contribution in [0.5, 0.6) is 0 Å². The van der Waals surface area contributed by atoms with Crippen LogP contribution in [0.25, 0.3) is 0 Å². The molecule has 0 spiro atoms. The van der Waals surface area contributed by atoms with Crippen LogP contribution in [-0.2, 0) is 6.42 Å². The van der Waals surface area contributed by atoms with Gasteiger partial charge in [0.15, 0.2) is 0 Å². The highest BCUT2D eigenvalue weighted by molar-refractivity contribution is 6.35. The number of anilines is 1. The van der Waals surface area contributed by atoms with Crippen molar-refractivity contribution in [2.24, 2.45) is 0 Å². The molecule has 1 aliphatic carbocycles. The third-order valence-electron chi connectivity index (χ3n) is 3.80. The van der Waals surface area contributed by atoms with Gasteiger partial charge in [-0.05, 0) is 36.5 Å². The van der Waals surface area contributed by atoms with Crippen LogP contribution in [0.4, 0.5) is 5.82 Å². The number of aromatic carboxylic acids is 1. The molecule has 0 saturated heterocycles. The molecule has 2 aromatic rings. The van der Waals surface area contributed by atoms with E-state index in [0.717, 1.165) is 19.3 Å². The van der Waals surface area contributed by atoms with Crippen molar-refractivity contribution in [1.29, 1.82) is 0 Å². The molecule has 1 aromatic heterocycles. The number of rotatable bonds is 3. The fourth-order valence-corrected chi connectivity index (χ4v) is 3.03. The monoisotopic (exact) mass is 302 g/mol. The lowest BCUT2D eigenvalue weighted by Crippen LogP contribution is -2.18. The number of hydrogen-bond acceptors (Lipinski definition) is 3. The number of aromatic nitrogens is 1. The Kier molecular flexibility index (Phi) is 3.80. The van der Waals surface area contributed by atoms with Crippen LogP contribution in [0.15, 0.2) is 36.5 Å². The number of pyridine rings is 1. The average Bonchev–Trinajstić information content (AvgIpc) is 2.49. The van der Waals surface area contributed by atoms with Gasteiger partial charge in [0.1, 0.15) is 5.82 Å². The van der Waals surface area contributed by atoms with E-state index in [1.807, 2.05) is 12.1 Å². The summed E-state index contributed by atoms with van der Waals surface area (Å²) in [5, 5.41) is 12.6. The fraction of sp³-hybridized carbons (Fsp3) is 0.250. The SMILES string of the molecule is O=C(O)c1ccnc(NC2CCCc3ccccc32)c1Cl. The number of carbonyl (C=O) groups is 1. The van der Waals surface area contributed by atoms with Gasteiger partial charge in [0.25, 0.3) is 0 Å². The number of carboxylic acid groups (broad SMARTS) is 1. The molecule has 0 fully saturated rings. The van der Waals surface area contributed by atoms with Gasteiger partial charge in [-0.2, -0.15) is 0 Å². The number of aryl methyl sites for hydroxylation is 1. The second-order valence-corrected chi connectivity index (χ2v) is 5.49. The van der Waals surface area contributed by atoms with E-state index in [2.05, 4.69) is 22.4 Å². The Morgan fingerprint density at radius 2 is 2.14 bits per heavy atom. The number of benzene rings is 1. The van der Waals surface area contributed by atoms with Crippen molar-refractivity contribution >= 4 is 23.4 Å². The van der Waals surface area contributed by atoms with Crippen molar-refractivity contribution in [3.8, 4) is 0 Å². The lowest BCUT2D eigenvalue weighted by molar-refractivity contribution is 0.0697. The fourth-order valence-electron chi connectivity index (χ4n) is 2.78. The van der Waals surface area contributed by atoms with Gasteiger partial charge >= 0.3 is 5.97 Å². The van der Waals surface area contributed by atoms with E-state index in [4.69, 9.17) is 16.7 Å². The van der Waals surface area contributed by atoms with Crippen molar-refractivity contribution in [2.75, 3.05) is 5.32 Å². The Morgan fingerprint density at radius 1 is 1.33 bits per heavy atom. The second kappa shape index (κ2) is 5.74. The Morgan fingerprint density at radius 3 is 2.95 bits per heavy atom. The van der Waals surface area contributed by atoms with Gasteiger partial charge in [-0.25, -0.2) is 9.78 Å². The maximum Gasteiger partial charge on any atom is 0.337 e. The van der Waals surface area contributed by atoms with Crippen molar-refractivity contribution in [3.05, 3.63) is 58.2 Å². The summed E-state index contributed by atoms with van der Waals surface area (Å²) in [6.45, 7) is 0. The molecule has 2 N–H and O–H groups in total. The molecule has 108 valence electrons. The second-order valence-electron chi connectivity index (χ2n) is 5.11. The standard InChI is InChI=1S/C16H15ClN2O2/c17-14-12(16(20)21)8-9-18-15(14)19-13-7-3-5-10-4-1-2-6-11(10)13/h1-2,4,6,8-9,13H,3,5,7H2,(H,18,19)(H,20,21). The molecule has 21 heavy (non-hydrogen) atoms. The van der Waals surface area contributed by atoms with Gasteiger partial charge in [-0.1, -0.05) is 35.9 Å². The molecular weight excluding hydrogens is 288 g/mol. The van der Waals surface area contributed by atoms with Gasteiger partial charge < -0.3 is 10.4 Å². The molecule has 0 radical (unpaired) electrons. The van der Waals surface area contributed by atoms with E-state index in [-0.39, 0.29) is 16.6 Å². The molecule has 1 unspecified atom stereocenters. The van der Waals surface area contributed by atoms with Crippen LogP contribution >= 0.6 is 11.6 Å². The van der Waals surface area contributed by atoms with E-state index >= 15 is 0 Å². The molecule has 0 bridgehead atoms. The lowest BCUT2D eigenvalue weighted by Gasteiger charge is -2.27. The minimum atomic E-state index is -1.05. The molecule has 1 atom stereocenters. The topological polar surface area (TPSA) is 62.2 Å². The normalized spacial score (nSPS) is 17.1. The smallest absolute Gasteiger partial charge is 0.337 e. The molecule has 0 aliphatic heterocycles. The lowest BCUT2D eigenvalue weighted by atomic mass is 9.88. The zero-order valence-electron chi connectivity index (χ0n) is 11.3. The highest BCUT2D eigenvalue weighted by Gasteiger charge is 2.22. The van der Waals surface area contributed by atoms with E-state index in [9.17, 15) is 4.79 Å². The first-order chi connectivity index (χ1) is 10.2. The Hall–Kier alpha value is -2.07. The van der Waals surface area contributed by atoms with Crippen LogP contribution in [0.1, 0.15) is 40.4 Å². The van der Waals surface area contributed by atoms with Crippen molar-refractivity contribution in [1.82, 2.24) is 4.98 Å². The number of fused-ring (bicyclic) bond motifs is 1. The van der Waals surface area contributed by atoms with E-state index in [1.165, 1.54) is 23.4 Å². The minimum Gasteiger partial charge on any atom is -0.478 e. The molecule has 0 saturated carbocycles. The van der Waals surface area contributed by atoms with Crippen LogP contribution in [0.3, 0.4) is 0 Å². The predicted molar refractivity (Wildman–Crippen MR) is 82.0 cm³/mol. The Labute approximate surface area is 127 Å². The molecule has 1 heterocycles. The molecular formula is C16H15ClN2O2. The quantitative estimate of drug-likeness (QED) is 0.902. The van der Waals surface area contributed by atoms with Crippen LogP contribution in [-0.4, -0.2) is 16.1 Å². The third-order valence-corrected chi connectivity index (χ3v) is 4.18. The van der Waals surface area contributed by atoms with Gasteiger partial charge in [-0.15, -0.1) is 0 Å². The van der Waals surface area contributed by atoms with E-state index in [0.29, 0.717) is 5.82 Å². The Bertz CT molecular complexity index is 688. The Balaban J connectivity index is 1.92. The third kappa shape index (κ3) is 2.72. The summed E-state index contributed by atoms with van der Waals surface area (Å²) in [7, 11) is 0. The van der Waals surface area contributed by atoms with Gasteiger partial charge in [0.05, 0.1) is 16.6 Å². The summed E-state index contributed by atoms with van der Waals surface area (Å²) in [5.41, 5.74) is 2.63. The molecule has 0 amide bonds. The van der Waals surface area contributed by atoms with Crippen molar-refractivity contribution in [2.45, 2.75) is 25.3 Å². The zero-order chi connectivity index (χ0) is 14.8. The first kappa shape index (κ1) is 13.9. The number of halogens is 1. The first-order valence-electron chi connectivity index (χ1n) is 6.89. The first-order valence-corrected chi connectivity index (χ1v) is 7.26. The number of nitrogens with zero attached hydrogens (tertiary/aromatic N) is 1. The van der Waals surface area contributed by atoms with Crippen molar-refractivity contribution < 1.29 is 9.90 Å². The van der Waals surface area contributed by atoms with Crippen LogP contribution in [0.2, 0.25) is 5.02 Å². The summed E-state index contributed by atoms with van der Waals surface area (Å²) < 4.78 is 0. The summed E-state index contributed by atoms with van der Waals surface area (Å²) >= 11 is 6.14. The summed E-state index contributed by atoms with van der Waals surface area (Å²) in [6.07, 6.45) is 4.61. The maximum atomic E-state index is 11.1. The molecule has 1 aromatic carbocycles. The number of nitrogens with one attached hydrogen (secondary N) is 1. The average molecular weight is 303 g/mol. The number of hydrogen-bond donors (Lipinski definition) is 2. The van der Waals surface area contributed by atoms with Crippen LogP contribution < -0.4 is 5.32 Å². The minimum absolute atomic E-state index is 0.0678. The summed E-state index contributed by atoms with van der Waals surface area (Å²) in [6, 6.07) is 9.81. The van der Waals surface area contributed by atoms with Gasteiger partial charge in [-0.3, -0.25) is 0 Å². The highest BCUT2D eigenvalue weighted by Crippen LogP contribution is 2.34. The van der Waals surface area contributed by atoms with E-state index in [1.54, 1.807) is 0 Å².